The van der Waals surface area contributed by atoms with Crippen molar-refractivity contribution < 1.29 is 4.74 Å². The maximum Gasteiger partial charge on any atom is 0.137 e. The molecule has 0 radical (unpaired) electrons. The fourth-order valence-corrected chi connectivity index (χ4v) is 1.25. The van der Waals surface area contributed by atoms with Crippen molar-refractivity contribution in [3.05, 3.63) is 34.2 Å². The van der Waals surface area contributed by atoms with Crippen LogP contribution in [0.25, 0.3) is 5.43 Å². The molecule has 0 aromatic heterocycles. The lowest BCUT2D eigenvalue weighted by Gasteiger charge is -2.09. The van der Waals surface area contributed by atoms with Gasteiger partial charge in [-0.15, -0.1) is 7.05 Å². The summed E-state index contributed by atoms with van der Waals surface area (Å²) in [5, 5.41) is 4.21. The number of nitrogens with two attached hydrogens (primary N) is 1. The van der Waals surface area contributed by atoms with E-state index in [1.54, 1.807) is 32.4 Å². The Balaban J connectivity index is 3.02. The minimum Gasteiger partial charge on any atom is -0.603 e. The Morgan fingerprint density at radius 3 is 2.79 bits per heavy atom. The number of rotatable bonds is 3. The lowest BCUT2D eigenvalue weighted by molar-refractivity contribution is 0.415. The van der Waals surface area contributed by atoms with Crippen LogP contribution in [0.3, 0.4) is 0 Å². The molecule has 2 N–H and O–H groups in total. The maximum atomic E-state index is 5.91. The molecule has 5 heteroatoms. The van der Waals surface area contributed by atoms with Crippen molar-refractivity contribution in [2.24, 2.45) is 10.8 Å². The standard InChI is InChI=1S/C9H11ClN3O/c1-12-13-9(11)6-3-4-8(14-2)7(10)5-6/h3-5H,1-2H3,(H2,11,13)/q-1. The summed E-state index contributed by atoms with van der Waals surface area (Å²) in [5.41, 5.74) is 9.92. The first-order valence-corrected chi connectivity index (χ1v) is 4.33. The van der Waals surface area contributed by atoms with Crippen molar-refractivity contribution in [1.29, 1.82) is 0 Å². The molecule has 0 bridgehead atoms. The van der Waals surface area contributed by atoms with Gasteiger partial charge < -0.3 is 21.0 Å². The molecular weight excluding hydrogens is 202 g/mol. The van der Waals surface area contributed by atoms with E-state index in [2.05, 4.69) is 10.5 Å². The van der Waals surface area contributed by atoms with Crippen molar-refractivity contribution in [1.82, 2.24) is 0 Å². The van der Waals surface area contributed by atoms with Crippen LogP contribution >= 0.6 is 11.6 Å². The van der Waals surface area contributed by atoms with Crippen LogP contribution in [0.5, 0.6) is 5.75 Å². The predicted molar refractivity (Wildman–Crippen MR) is 58.0 cm³/mol. The Morgan fingerprint density at radius 1 is 1.57 bits per heavy atom. The van der Waals surface area contributed by atoms with Gasteiger partial charge in [-0.05, 0) is 18.2 Å². The molecule has 76 valence electrons. The molecule has 1 rings (SSSR count). The molecule has 0 unspecified atom stereocenters. The van der Waals surface area contributed by atoms with Gasteiger partial charge in [-0.2, -0.15) is 0 Å². The van der Waals surface area contributed by atoms with E-state index in [1.807, 2.05) is 0 Å². The minimum absolute atomic E-state index is 0.331. The first kappa shape index (κ1) is 10.7. The van der Waals surface area contributed by atoms with Gasteiger partial charge in [0.2, 0.25) is 0 Å². The van der Waals surface area contributed by atoms with E-state index in [0.29, 0.717) is 16.6 Å². The van der Waals surface area contributed by atoms with Gasteiger partial charge in [0.25, 0.3) is 0 Å². The highest BCUT2D eigenvalue weighted by Gasteiger charge is 2.02. The Kier molecular flexibility index (Phi) is 3.59. The lowest BCUT2D eigenvalue weighted by Crippen LogP contribution is -2.12. The largest absolute Gasteiger partial charge is 0.603 e. The third kappa shape index (κ3) is 2.29. The van der Waals surface area contributed by atoms with Gasteiger partial charge in [0.1, 0.15) is 11.6 Å². The molecule has 0 fully saturated rings. The smallest absolute Gasteiger partial charge is 0.137 e. The van der Waals surface area contributed by atoms with Crippen LogP contribution in [-0.2, 0) is 0 Å². The monoisotopic (exact) mass is 212 g/mol. The fourth-order valence-electron chi connectivity index (χ4n) is 0.991. The van der Waals surface area contributed by atoms with Gasteiger partial charge in [0.05, 0.1) is 12.1 Å². The topological polar surface area (TPSA) is 61.7 Å². The highest BCUT2D eigenvalue weighted by atomic mass is 35.5. The summed E-state index contributed by atoms with van der Waals surface area (Å²) >= 11 is 5.91. The molecule has 0 amide bonds. The quantitative estimate of drug-likeness (QED) is 0.473. The van der Waals surface area contributed by atoms with Gasteiger partial charge >= 0.3 is 0 Å². The van der Waals surface area contributed by atoms with Crippen molar-refractivity contribution in [2.45, 2.75) is 0 Å². The highest BCUT2D eigenvalue weighted by molar-refractivity contribution is 6.32. The molecule has 1 aromatic rings. The van der Waals surface area contributed by atoms with E-state index in [4.69, 9.17) is 22.1 Å². The lowest BCUT2D eigenvalue weighted by atomic mass is 10.2. The zero-order valence-corrected chi connectivity index (χ0v) is 8.75. The van der Waals surface area contributed by atoms with E-state index in [0.717, 1.165) is 5.56 Å². The molecule has 0 atom stereocenters. The van der Waals surface area contributed by atoms with Gasteiger partial charge in [0.15, 0.2) is 0 Å². The number of hydrogen-bond donors (Lipinski definition) is 1. The van der Waals surface area contributed by atoms with E-state index in [9.17, 15) is 0 Å². The summed E-state index contributed by atoms with van der Waals surface area (Å²) in [7, 11) is 3.11. The Bertz CT molecular complexity index is 352. The van der Waals surface area contributed by atoms with Gasteiger partial charge in [-0.25, -0.2) is 0 Å². The normalized spacial score (nSPS) is 11.2. The van der Waals surface area contributed by atoms with Crippen LogP contribution in [0.1, 0.15) is 5.56 Å². The van der Waals surface area contributed by atoms with E-state index in [1.165, 1.54) is 0 Å². The van der Waals surface area contributed by atoms with Crippen molar-refractivity contribution >= 4 is 17.4 Å². The highest BCUT2D eigenvalue weighted by Crippen LogP contribution is 2.24. The second-order valence-corrected chi connectivity index (χ2v) is 2.94. The molecule has 0 spiro atoms. The molecule has 14 heavy (non-hydrogen) atoms. The second kappa shape index (κ2) is 4.72. The number of ether oxygens (including phenoxy) is 1. The van der Waals surface area contributed by atoms with E-state index >= 15 is 0 Å². The summed E-state index contributed by atoms with van der Waals surface area (Å²) in [6.07, 6.45) is 0. The molecule has 0 aliphatic heterocycles. The summed E-state index contributed by atoms with van der Waals surface area (Å²) in [5.74, 6) is 0.939. The zero-order valence-electron chi connectivity index (χ0n) is 7.99. The van der Waals surface area contributed by atoms with Crippen LogP contribution in [0, 0.1) is 0 Å². The molecular formula is C9H11ClN3O-. The van der Waals surface area contributed by atoms with Crippen LogP contribution in [-0.4, -0.2) is 20.0 Å². The molecule has 4 nitrogen and oxygen atoms in total. The van der Waals surface area contributed by atoms with Crippen molar-refractivity contribution in [3.63, 3.8) is 0 Å². The van der Waals surface area contributed by atoms with E-state index < -0.39 is 0 Å². The Morgan fingerprint density at radius 2 is 2.29 bits per heavy atom. The first-order valence-electron chi connectivity index (χ1n) is 3.95. The molecule has 0 aliphatic rings. The van der Waals surface area contributed by atoms with Gasteiger partial charge in [-0.3, -0.25) is 0 Å². The van der Waals surface area contributed by atoms with Crippen LogP contribution in [0.15, 0.2) is 23.3 Å². The average Bonchev–Trinajstić information content (AvgIpc) is 2.18. The third-order valence-corrected chi connectivity index (χ3v) is 1.95. The maximum absolute atomic E-state index is 5.91. The minimum atomic E-state index is 0.331. The zero-order chi connectivity index (χ0) is 10.6. The number of amidine groups is 1. The first-order chi connectivity index (χ1) is 6.69. The SMILES string of the molecule is C[N-]/N=C(\N)c1ccc(OC)c(Cl)c1. The van der Waals surface area contributed by atoms with Gasteiger partial charge in [-0.1, -0.05) is 11.6 Å². The summed E-state index contributed by atoms with van der Waals surface area (Å²) in [6, 6.07) is 5.19. The van der Waals surface area contributed by atoms with Crippen molar-refractivity contribution in [2.75, 3.05) is 14.2 Å². The van der Waals surface area contributed by atoms with Crippen LogP contribution in [0.2, 0.25) is 5.02 Å². The fraction of sp³-hybridized carbons (Fsp3) is 0.222. The molecule has 0 saturated carbocycles. The summed E-state index contributed by atoms with van der Waals surface area (Å²) in [6.45, 7) is 0. The van der Waals surface area contributed by atoms with E-state index in [-0.39, 0.29) is 0 Å². The van der Waals surface area contributed by atoms with Crippen LogP contribution in [0.4, 0.5) is 0 Å². The second-order valence-electron chi connectivity index (χ2n) is 2.53. The molecule has 0 heterocycles. The number of halogens is 1. The van der Waals surface area contributed by atoms with Gasteiger partial charge in [0, 0.05) is 5.56 Å². The third-order valence-electron chi connectivity index (χ3n) is 1.66. The number of nitrogens with zero attached hydrogens (tertiary/aromatic N) is 2. The summed E-state index contributed by atoms with van der Waals surface area (Å²) < 4.78 is 5.00. The predicted octanol–water partition coefficient (Wildman–Crippen LogP) is 1.97. The Hall–Kier alpha value is -1.42. The average molecular weight is 213 g/mol. The van der Waals surface area contributed by atoms with Crippen molar-refractivity contribution in [3.8, 4) is 5.75 Å². The number of hydrogen-bond acceptors (Lipinski definition) is 2. The molecule has 0 saturated heterocycles. The van der Waals surface area contributed by atoms with Crippen LogP contribution < -0.4 is 10.5 Å². The molecule has 1 aromatic carbocycles. The Labute approximate surface area is 87.7 Å². The number of methoxy groups -OCH3 is 1. The molecule has 0 aliphatic carbocycles. The number of benzene rings is 1. The summed E-state index contributed by atoms with van der Waals surface area (Å²) in [4.78, 5) is 0.